The van der Waals surface area contributed by atoms with Crippen molar-refractivity contribution >= 4 is 11.7 Å². The summed E-state index contributed by atoms with van der Waals surface area (Å²) in [6, 6.07) is 7.02. The summed E-state index contributed by atoms with van der Waals surface area (Å²) in [5.41, 5.74) is 0. The number of hydrogen-bond acceptors (Lipinski definition) is 6. The lowest BCUT2D eigenvalue weighted by Gasteiger charge is -2.33. The number of ketones is 1. The highest BCUT2D eigenvalue weighted by Gasteiger charge is 2.21. The van der Waals surface area contributed by atoms with Crippen LogP contribution in [0.2, 0.25) is 0 Å². The minimum atomic E-state index is -0.0217. The van der Waals surface area contributed by atoms with Crippen molar-refractivity contribution in [2.75, 3.05) is 39.3 Å². The molecule has 0 radical (unpaired) electrons. The van der Waals surface area contributed by atoms with Gasteiger partial charge in [0.05, 0.1) is 32.2 Å². The zero-order valence-corrected chi connectivity index (χ0v) is 13.4. The summed E-state index contributed by atoms with van der Waals surface area (Å²) in [7, 11) is 0. The van der Waals surface area contributed by atoms with Crippen LogP contribution < -0.4 is 5.32 Å². The monoisotopic (exact) mass is 331 g/mol. The largest absolute Gasteiger partial charge is 0.467 e. The zero-order chi connectivity index (χ0) is 16.8. The van der Waals surface area contributed by atoms with Crippen LogP contribution in [0.1, 0.15) is 16.3 Å². The first-order valence-electron chi connectivity index (χ1n) is 8.01. The normalized spacial score (nSPS) is 16.2. The molecule has 0 saturated carbocycles. The SMILES string of the molecule is O=C(CN1CCN(CC(=O)c2ccco2)CC1)NCc1ccco1. The van der Waals surface area contributed by atoms with Crippen LogP contribution in [0.5, 0.6) is 0 Å². The molecule has 0 aliphatic carbocycles. The number of hydrogen-bond donors (Lipinski definition) is 1. The average molecular weight is 331 g/mol. The van der Waals surface area contributed by atoms with Crippen LogP contribution in [0, 0.1) is 0 Å². The second-order valence-electron chi connectivity index (χ2n) is 5.81. The highest BCUT2D eigenvalue weighted by atomic mass is 16.3. The molecule has 1 aliphatic rings. The first-order valence-corrected chi connectivity index (χ1v) is 8.01. The molecular formula is C17H21N3O4. The van der Waals surface area contributed by atoms with Crippen molar-refractivity contribution in [3.63, 3.8) is 0 Å². The maximum absolute atomic E-state index is 12.0. The van der Waals surface area contributed by atoms with Crippen molar-refractivity contribution in [1.82, 2.24) is 15.1 Å². The molecule has 3 rings (SSSR count). The Morgan fingerprint density at radius 1 is 0.958 bits per heavy atom. The molecule has 2 aromatic rings. The van der Waals surface area contributed by atoms with Crippen LogP contribution >= 0.6 is 0 Å². The van der Waals surface area contributed by atoms with E-state index < -0.39 is 0 Å². The summed E-state index contributed by atoms with van der Waals surface area (Å²) in [5.74, 6) is 1.11. The van der Waals surface area contributed by atoms with Crippen LogP contribution in [0.25, 0.3) is 0 Å². The summed E-state index contributed by atoms with van der Waals surface area (Å²) in [4.78, 5) is 28.1. The van der Waals surface area contributed by atoms with Gasteiger partial charge in [0, 0.05) is 26.2 Å². The van der Waals surface area contributed by atoms with E-state index in [-0.39, 0.29) is 11.7 Å². The van der Waals surface area contributed by atoms with Crippen molar-refractivity contribution in [2.24, 2.45) is 0 Å². The summed E-state index contributed by atoms with van der Waals surface area (Å²) < 4.78 is 10.3. The maximum Gasteiger partial charge on any atom is 0.234 e. The summed E-state index contributed by atoms with van der Waals surface area (Å²) >= 11 is 0. The molecule has 0 spiro atoms. The molecule has 2 aromatic heterocycles. The van der Waals surface area contributed by atoms with Gasteiger partial charge >= 0.3 is 0 Å². The number of furan rings is 2. The van der Waals surface area contributed by atoms with E-state index in [1.54, 1.807) is 24.5 Å². The highest BCUT2D eigenvalue weighted by molar-refractivity contribution is 5.95. The van der Waals surface area contributed by atoms with Crippen molar-refractivity contribution < 1.29 is 18.4 Å². The van der Waals surface area contributed by atoms with E-state index in [1.165, 1.54) is 6.26 Å². The second kappa shape index (κ2) is 7.94. The van der Waals surface area contributed by atoms with Gasteiger partial charge in [-0.05, 0) is 24.3 Å². The van der Waals surface area contributed by atoms with E-state index in [9.17, 15) is 9.59 Å². The first-order chi connectivity index (χ1) is 11.7. The van der Waals surface area contributed by atoms with Crippen LogP contribution in [0.4, 0.5) is 0 Å². The molecule has 1 fully saturated rings. The summed E-state index contributed by atoms with van der Waals surface area (Å²) in [5, 5.41) is 2.84. The summed E-state index contributed by atoms with van der Waals surface area (Å²) in [6.07, 6.45) is 3.09. The summed E-state index contributed by atoms with van der Waals surface area (Å²) in [6.45, 7) is 4.17. The molecule has 1 aliphatic heterocycles. The highest BCUT2D eigenvalue weighted by Crippen LogP contribution is 2.06. The van der Waals surface area contributed by atoms with Crippen molar-refractivity contribution in [3.05, 3.63) is 48.3 Å². The van der Waals surface area contributed by atoms with Gasteiger partial charge in [0.2, 0.25) is 11.7 Å². The standard InChI is InChI=1S/C17H21N3O4/c21-15(16-4-2-10-24-16)12-19-5-7-20(8-6-19)13-17(22)18-11-14-3-1-9-23-14/h1-4,9-10H,5-8,11-13H2,(H,18,22). The van der Waals surface area contributed by atoms with Crippen LogP contribution in [-0.2, 0) is 11.3 Å². The van der Waals surface area contributed by atoms with E-state index >= 15 is 0 Å². The fourth-order valence-corrected chi connectivity index (χ4v) is 2.68. The van der Waals surface area contributed by atoms with Crippen molar-refractivity contribution in [1.29, 1.82) is 0 Å². The topological polar surface area (TPSA) is 78.9 Å². The molecule has 1 N–H and O–H groups in total. The quantitative estimate of drug-likeness (QED) is 0.762. The van der Waals surface area contributed by atoms with Crippen LogP contribution in [-0.4, -0.2) is 60.8 Å². The zero-order valence-electron chi connectivity index (χ0n) is 13.4. The van der Waals surface area contributed by atoms with Gasteiger partial charge in [0.15, 0.2) is 5.76 Å². The van der Waals surface area contributed by atoms with Gasteiger partial charge in [-0.3, -0.25) is 19.4 Å². The number of piperazine rings is 1. The van der Waals surface area contributed by atoms with Crippen molar-refractivity contribution in [3.8, 4) is 0 Å². The average Bonchev–Trinajstić information content (AvgIpc) is 3.28. The number of carbonyl (C=O) groups is 2. The predicted octanol–water partition coefficient (Wildman–Crippen LogP) is 0.989. The van der Waals surface area contributed by atoms with Gasteiger partial charge in [-0.1, -0.05) is 0 Å². The molecule has 0 aromatic carbocycles. The lowest BCUT2D eigenvalue weighted by atomic mass is 10.2. The third-order valence-electron chi connectivity index (χ3n) is 4.04. The van der Waals surface area contributed by atoms with Gasteiger partial charge < -0.3 is 14.2 Å². The third-order valence-corrected chi connectivity index (χ3v) is 4.04. The Bertz CT molecular complexity index is 643. The molecule has 7 nitrogen and oxygen atoms in total. The van der Waals surface area contributed by atoms with Gasteiger partial charge in [0.1, 0.15) is 5.76 Å². The Balaban J connectivity index is 1.35. The number of nitrogens with zero attached hydrogens (tertiary/aromatic N) is 2. The molecule has 1 amide bonds. The van der Waals surface area contributed by atoms with E-state index in [0.717, 1.165) is 31.9 Å². The van der Waals surface area contributed by atoms with E-state index in [2.05, 4.69) is 15.1 Å². The molecular weight excluding hydrogens is 310 g/mol. The van der Waals surface area contributed by atoms with Gasteiger partial charge in [-0.2, -0.15) is 0 Å². The molecule has 0 bridgehead atoms. The Morgan fingerprint density at radius 2 is 1.62 bits per heavy atom. The van der Waals surface area contributed by atoms with Crippen LogP contribution in [0.15, 0.2) is 45.6 Å². The maximum atomic E-state index is 12.0. The smallest absolute Gasteiger partial charge is 0.234 e. The fourth-order valence-electron chi connectivity index (χ4n) is 2.68. The fraction of sp³-hybridized carbons (Fsp3) is 0.412. The molecule has 24 heavy (non-hydrogen) atoms. The second-order valence-corrected chi connectivity index (χ2v) is 5.81. The number of amides is 1. The predicted molar refractivity (Wildman–Crippen MR) is 86.5 cm³/mol. The first kappa shape index (κ1) is 16.5. The third kappa shape index (κ3) is 4.56. The minimum Gasteiger partial charge on any atom is -0.467 e. The number of rotatable bonds is 7. The number of nitrogens with one attached hydrogen (secondary N) is 1. The van der Waals surface area contributed by atoms with Gasteiger partial charge in [-0.25, -0.2) is 0 Å². The molecule has 1 saturated heterocycles. The van der Waals surface area contributed by atoms with E-state index in [4.69, 9.17) is 8.83 Å². The Morgan fingerprint density at radius 3 is 2.25 bits per heavy atom. The van der Waals surface area contributed by atoms with Gasteiger partial charge in [-0.15, -0.1) is 0 Å². The van der Waals surface area contributed by atoms with E-state index in [0.29, 0.717) is 25.4 Å². The van der Waals surface area contributed by atoms with E-state index in [1.807, 2.05) is 6.07 Å². The molecule has 0 unspecified atom stereocenters. The molecule has 7 heteroatoms. The Kier molecular flexibility index (Phi) is 5.45. The molecule has 0 atom stereocenters. The Labute approximate surface area is 140 Å². The Hall–Kier alpha value is -2.38. The molecule has 128 valence electrons. The van der Waals surface area contributed by atoms with Crippen LogP contribution in [0.3, 0.4) is 0 Å². The minimum absolute atomic E-state index is 0.00959. The number of Topliss-reactive ketones (excluding diaryl/α,β-unsaturated/α-hetero) is 1. The van der Waals surface area contributed by atoms with Gasteiger partial charge in [0.25, 0.3) is 0 Å². The lowest BCUT2D eigenvalue weighted by Crippen LogP contribution is -2.50. The lowest BCUT2D eigenvalue weighted by molar-refractivity contribution is -0.122. The molecule has 3 heterocycles. The van der Waals surface area contributed by atoms with Crippen molar-refractivity contribution in [2.45, 2.75) is 6.54 Å². The number of carbonyl (C=O) groups excluding carboxylic acids is 2.